The first-order valence-electron chi connectivity index (χ1n) is 3.48. The third-order valence-corrected chi connectivity index (χ3v) is 3.02. The zero-order chi connectivity index (χ0) is 8.01. The lowest BCUT2D eigenvalue weighted by molar-refractivity contribution is -0.115. The summed E-state index contributed by atoms with van der Waals surface area (Å²) >= 11 is 3.25. The third kappa shape index (κ3) is 0.872. The lowest BCUT2D eigenvalue weighted by Gasteiger charge is -2.19. The molecule has 0 saturated carbocycles. The Labute approximate surface area is 73.0 Å². The van der Waals surface area contributed by atoms with Gasteiger partial charge in [-0.25, -0.2) is 0 Å². The van der Waals surface area contributed by atoms with Crippen molar-refractivity contribution in [3.05, 3.63) is 21.9 Å². The predicted molar refractivity (Wildman–Crippen MR) is 44.2 cm³/mol. The standard InChI is InChI=1S/C8H7BrO2/c1-4-5-2-3-6(11-5)8(10)7(4)9/h3,5H,2H2,1H3. The second kappa shape index (κ2) is 2.21. The molecule has 2 rings (SSSR count). The van der Waals surface area contributed by atoms with Gasteiger partial charge in [-0.3, -0.25) is 4.79 Å². The van der Waals surface area contributed by atoms with Gasteiger partial charge in [0, 0.05) is 6.42 Å². The first-order valence-corrected chi connectivity index (χ1v) is 4.27. The number of Topliss-reactive ketones (excluding diaryl/α,β-unsaturated/α-hetero) is 1. The molecule has 0 saturated heterocycles. The van der Waals surface area contributed by atoms with Crippen LogP contribution < -0.4 is 0 Å². The minimum Gasteiger partial charge on any atom is -0.482 e. The molecule has 0 N–H and O–H groups in total. The Bertz CT molecular complexity index is 288. The maximum atomic E-state index is 11.3. The van der Waals surface area contributed by atoms with Crippen molar-refractivity contribution in [3.63, 3.8) is 0 Å². The molecule has 2 aliphatic rings. The molecule has 2 nitrogen and oxygen atoms in total. The fourth-order valence-electron chi connectivity index (χ4n) is 1.30. The van der Waals surface area contributed by atoms with Crippen molar-refractivity contribution in [2.45, 2.75) is 19.4 Å². The minimum atomic E-state index is -0.0174. The van der Waals surface area contributed by atoms with Crippen molar-refractivity contribution < 1.29 is 9.53 Å². The quantitative estimate of drug-likeness (QED) is 0.616. The molecule has 2 aliphatic heterocycles. The normalized spacial score (nSPS) is 28.7. The van der Waals surface area contributed by atoms with Gasteiger partial charge in [-0.1, -0.05) is 0 Å². The summed E-state index contributed by atoms with van der Waals surface area (Å²) in [4.78, 5) is 11.3. The summed E-state index contributed by atoms with van der Waals surface area (Å²) in [5.74, 6) is 0.490. The molecule has 0 radical (unpaired) electrons. The van der Waals surface area contributed by atoms with Gasteiger partial charge in [0.2, 0.25) is 5.78 Å². The van der Waals surface area contributed by atoms with Crippen LogP contribution in [0.4, 0.5) is 0 Å². The van der Waals surface area contributed by atoms with E-state index in [9.17, 15) is 4.79 Å². The fourth-order valence-corrected chi connectivity index (χ4v) is 1.75. The summed E-state index contributed by atoms with van der Waals surface area (Å²) in [6.07, 6.45) is 2.80. The molecule has 11 heavy (non-hydrogen) atoms. The molecule has 2 bridgehead atoms. The van der Waals surface area contributed by atoms with Crippen LogP contribution in [-0.2, 0) is 9.53 Å². The van der Waals surface area contributed by atoms with Gasteiger partial charge in [0.05, 0.1) is 4.48 Å². The Morgan fingerprint density at radius 1 is 1.73 bits per heavy atom. The van der Waals surface area contributed by atoms with Gasteiger partial charge in [-0.15, -0.1) is 0 Å². The molecule has 0 amide bonds. The van der Waals surface area contributed by atoms with Crippen molar-refractivity contribution in [3.8, 4) is 0 Å². The van der Waals surface area contributed by atoms with Gasteiger partial charge >= 0.3 is 0 Å². The molecule has 0 aliphatic carbocycles. The number of carbonyl (C=O) groups excluding carboxylic acids is 1. The average molecular weight is 215 g/mol. The monoisotopic (exact) mass is 214 g/mol. The molecule has 0 spiro atoms. The lowest BCUT2D eigenvalue weighted by atomic mass is 10.1. The highest BCUT2D eigenvalue weighted by atomic mass is 79.9. The molecule has 58 valence electrons. The predicted octanol–water partition coefficient (Wildman–Crippen LogP) is 1.91. The summed E-state index contributed by atoms with van der Waals surface area (Å²) in [6.45, 7) is 1.92. The van der Waals surface area contributed by atoms with Crippen LogP contribution in [0.5, 0.6) is 0 Å². The number of ketones is 1. The molecule has 1 atom stereocenters. The summed E-state index contributed by atoms with van der Waals surface area (Å²) < 4.78 is 5.99. The van der Waals surface area contributed by atoms with Gasteiger partial charge < -0.3 is 4.74 Å². The Hall–Kier alpha value is -0.570. The maximum Gasteiger partial charge on any atom is 0.234 e. The highest BCUT2D eigenvalue weighted by Crippen LogP contribution is 2.35. The highest BCUT2D eigenvalue weighted by molar-refractivity contribution is 9.12. The Balaban J connectivity index is 2.51. The minimum absolute atomic E-state index is 0.0174. The van der Waals surface area contributed by atoms with Crippen molar-refractivity contribution in [2.24, 2.45) is 0 Å². The number of carbonyl (C=O) groups is 1. The van der Waals surface area contributed by atoms with Crippen LogP contribution in [0, 0.1) is 0 Å². The molecule has 1 unspecified atom stereocenters. The van der Waals surface area contributed by atoms with E-state index in [2.05, 4.69) is 15.9 Å². The van der Waals surface area contributed by atoms with E-state index in [1.54, 1.807) is 0 Å². The zero-order valence-corrected chi connectivity index (χ0v) is 7.64. The number of fused-ring (bicyclic) bond motifs is 2. The fraction of sp³-hybridized carbons (Fsp3) is 0.375. The Kier molecular flexibility index (Phi) is 1.42. The second-order valence-electron chi connectivity index (χ2n) is 2.74. The van der Waals surface area contributed by atoms with Crippen LogP contribution in [0.2, 0.25) is 0 Å². The molecule has 0 aromatic heterocycles. The molecule has 2 heterocycles. The molecule has 0 aromatic rings. The van der Waals surface area contributed by atoms with Crippen molar-refractivity contribution >= 4 is 21.7 Å². The summed E-state index contributed by atoms with van der Waals surface area (Å²) in [5.41, 5.74) is 1.01. The van der Waals surface area contributed by atoms with Crippen molar-refractivity contribution in [1.29, 1.82) is 0 Å². The summed E-state index contributed by atoms with van der Waals surface area (Å²) in [6, 6.07) is 0. The lowest BCUT2D eigenvalue weighted by Crippen LogP contribution is -2.19. The van der Waals surface area contributed by atoms with Crippen LogP contribution in [0.1, 0.15) is 13.3 Å². The van der Waals surface area contributed by atoms with Gasteiger partial charge in [0.15, 0.2) is 5.76 Å². The highest BCUT2D eigenvalue weighted by Gasteiger charge is 2.33. The number of hydrogen-bond donors (Lipinski definition) is 0. The van der Waals surface area contributed by atoms with Crippen LogP contribution in [-0.4, -0.2) is 11.9 Å². The maximum absolute atomic E-state index is 11.3. The van der Waals surface area contributed by atoms with E-state index in [0.29, 0.717) is 10.2 Å². The van der Waals surface area contributed by atoms with Gasteiger partial charge in [0.1, 0.15) is 6.10 Å². The molecule has 3 heteroatoms. The Morgan fingerprint density at radius 2 is 2.45 bits per heavy atom. The molecule has 0 aromatic carbocycles. The number of ether oxygens (including phenoxy) is 1. The first kappa shape index (κ1) is 7.10. The van der Waals surface area contributed by atoms with Crippen molar-refractivity contribution in [1.82, 2.24) is 0 Å². The van der Waals surface area contributed by atoms with Crippen molar-refractivity contribution in [2.75, 3.05) is 0 Å². The molecular formula is C8H7BrO2. The van der Waals surface area contributed by atoms with Gasteiger partial charge in [-0.05, 0) is 34.5 Å². The van der Waals surface area contributed by atoms with E-state index in [1.165, 1.54) is 0 Å². The van der Waals surface area contributed by atoms with E-state index in [0.717, 1.165) is 12.0 Å². The van der Waals surface area contributed by atoms with Gasteiger partial charge in [0.25, 0.3) is 0 Å². The summed E-state index contributed by atoms with van der Waals surface area (Å²) in [7, 11) is 0. The van der Waals surface area contributed by atoms with Crippen LogP contribution in [0.3, 0.4) is 0 Å². The Morgan fingerprint density at radius 3 is 3.18 bits per heavy atom. The van der Waals surface area contributed by atoms with E-state index in [-0.39, 0.29) is 11.9 Å². The molecular weight excluding hydrogens is 208 g/mol. The number of allylic oxidation sites excluding steroid dienone is 1. The summed E-state index contributed by atoms with van der Waals surface area (Å²) in [5, 5.41) is 0. The van der Waals surface area contributed by atoms with E-state index >= 15 is 0 Å². The van der Waals surface area contributed by atoms with Crippen LogP contribution in [0.15, 0.2) is 21.9 Å². The van der Waals surface area contributed by atoms with Crippen LogP contribution >= 0.6 is 15.9 Å². The zero-order valence-electron chi connectivity index (χ0n) is 6.06. The second-order valence-corrected chi connectivity index (χ2v) is 3.53. The van der Waals surface area contributed by atoms with E-state index < -0.39 is 0 Å². The SMILES string of the molecule is CC1=C(Br)C(=O)C2=CCC1O2. The smallest absolute Gasteiger partial charge is 0.234 e. The van der Waals surface area contributed by atoms with Crippen LogP contribution in [0.25, 0.3) is 0 Å². The van der Waals surface area contributed by atoms with Gasteiger partial charge in [-0.2, -0.15) is 0 Å². The third-order valence-electron chi connectivity index (χ3n) is 2.04. The average Bonchev–Trinajstić information content (AvgIpc) is 2.44. The number of halogens is 1. The first-order chi connectivity index (χ1) is 5.20. The number of rotatable bonds is 0. The molecule has 0 fully saturated rings. The topological polar surface area (TPSA) is 26.3 Å². The van der Waals surface area contributed by atoms with E-state index in [4.69, 9.17) is 4.74 Å². The van der Waals surface area contributed by atoms with E-state index in [1.807, 2.05) is 13.0 Å². The number of hydrogen-bond acceptors (Lipinski definition) is 2. The largest absolute Gasteiger partial charge is 0.482 e.